The second-order valence-corrected chi connectivity index (χ2v) is 6.75. The maximum absolute atomic E-state index is 3.70. The maximum Gasteiger partial charge on any atom is 0.0195 e. The molecule has 3 heteroatoms. The van der Waals surface area contributed by atoms with E-state index in [0.717, 1.165) is 17.3 Å². The highest BCUT2D eigenvalue weighted by atomic mass is 32.2. The van der Waals surface area contributed by atoms with Gasteiger partial charge in [0.05, 0.1) is 0 Å². The topological polar surface area (TPSA) is 15.3 Å². The van der Waals surface area contributed by atoms with Crippen molar-refractivity contribution in [2.24, 2.45) is 0 Å². The Balaban J connectivity index is 1.77. The number of piperidine rings is 1. The summed E-state index contributed by atoms with van der Waals surface area (Å²) < 4.78 is 0. The first-order valence-corrected chi connectivity index (χ1v) is 8.62. The predicted molar refractivity (Wildman–Crippen MR) is 77.8 cm³/mol. The van der Waals surface area contributed by atoms with E-state index in [-0.39, 0.29) is 0 Å². The van der Waals surface area contributed by atoms with Gasteiger partial charge in [0.1, 0.15) is 0 Å². The van der Waals surface area contributed by atoms with Gasteiger partial charge in [-0.15, -0.1) is 0 Å². The fourth-order valence-electron chi connectivity index (χ4n) is 3.32. The molecule has 1 saturated heterocycles. The Labute approximate surface area is 111 Å². The van der Waals surface area contributed by atoms with Gasteiger partial charge in [0, 0.05) is 23.9 Å². The molecule has 2 rings (SSSR count). The highest BCUT2D eigenvalue weighted by Crippen LogP contribution is 2.32. The molecule has 1 aliphatic carbocycles. The van der Waals surface area contributed by atoms with Crippen molar-refractivity contribution >= 4 is 11.8 Å². The first-order chi connectivity index (χ1) is 8.33. The molecule has 17 heavy (non-hydrogen) atoms. The van der Waals surface area contributed by atoms with E-state index in [4.69, 9.17) is 0 Å². The molecule has 3 atom stereocenters. The Hall–Kier alpha value is 0.270. The van der Waals surface area contributed by atoms with Crippen molar-refractivity contribution in [3.05, 3.63) is 0 Å². The molecule has 1 aliphatic heterocycles. The van der Waals surface area contributed by atoms with Crippen molar-refractivity contribution in [1.82, 2.24) is 10.2 Å². The molecule has 0 aromatic carbocycles. The summed E-state index contributed by atoms with van der Waals surface area (Å²) in [5, 5.41) is 4.64. The molecule has 2 nitrogen and oxygen atoms in total. The summed E-state index contributed by atoms with van der Waals surface area (Å²) in [6.45, 7) is 6.09. The third-order valence-corrected chi connectivity index (χ3v) is 5.44. The number of hydrogen-bond acceptors (Lipinski definition) is 3. The highest BCUT2D eigenvalue weighted by molar-refractivity contribution is 7.99. The second-order valence-electron chi connectivity index (χ2n) is 5.61. The van der Waals surface area contributed by atoms with Crippen LogP contribution in [0.1, 0.15) is 45.4 Å². The molecule has 0 aromatic heterocycles. The summed E-state index contributed by atoms with van der Waals surface area (Å²) >= 11 is 2.07. The van der Waals surface area contributed by atoms with Gasteiger partial charge in [-0.05, 0) is 57.9 Å². The van der Waals surface area contributed by atoms with E-state index >= 15 is 0 Å². The minimum Gasteiger partial charge on any atom is -0.313 e. The lowest BCUT2D eigenvalue weighted by molar-refractivity contribution is 0.139. The Morgan fingerprint density at radius 3 is 2.88 bits per heavy atom. The number of likely N-dealkylation sites (tertiary alicyclic amines) is 1. The monoisotopic (exact) mass is 256 g/mol. The van der Waals surface area contributed by atoms with Crippen LogP contribution in [0.25, 0.3) is 0 Å². The van der Waals surface area contributed by atoms with Crippen LogP contribution in [-0.2, 0) is 0 Å². The SMILES string of the molecule is CCCNC1CCCN(C2CCC(SC)C2)C1. The van der Waals surface area contributed by atoms with Crippen LogP contribution >= 0.6 is 11.8 Å². The van der Waals surface area contributed by atoms with Crippen molar-refractivity contribution in [2.45, 2.75) is 62.8 Å². The minimum absolute atomic E-state index is 0.761. The van der Waals surface area contributed by atoms with E-state index in [2.05, 4.69) is 35.2 Å². The molecule has 0 radical (unpaired) electrons. The molecule has 0 spiro atoms. The van der Waals surface area contributed by atoms with E-state index in [9.17, 15) is 0 Å². The number of nitrogens with one attached hydrogen (secondary N) is 1. The molecule has 0 bridgehead atoms. The van der Waals surface area contributed by atoms with Gasteiger partial charge in [-0.2, -0.15) is 11.8 Å². The van der Waals surface area contributed by atoms with Crippen LogP contribution in [0.4, 0.5) is 0 Å². The van der Waals surface area contributed by atoms with Gasteiger partial charge in [-0.25, -0.2) is 0 Å². The van der Waals surface area contributed by atoms with E-state index in [1.807, 2.05) is 0 Å². The van der Waals surface area contributed by atoms with Crippen LogP contribution in [0.3, 0.4) is 0 Å². The zero-order valence-corrected chi connectivity index (χ0v) is 12.3. The van der Waals surface area contributed by atoms with E-state index in [1.165, 1.54) is 58.2 Å². The number of hydrogen-bond donors (Lipinski definition) is 1. The third kappa shape index (κ3) is 3.87. The van der Waals surface area contributed by atoms with E-state index in [0.29, 0.717) is 0 Å². The van der Waals surface area contributed by atoms with Crippen molar-refractivity contribution in [3.8, 4) is 0 Å². The molecule has 100 valence electrons. The van der Waals surface area contributed by atoms with Crippen LogP contribution < -0.4 is 5.32 Å². The summed E-state index contributed by atoms with van der Waals surface area (Å²) in [5.74, 6) is 0. The van der Waals surface area contributed by atoms with Crippen LogP contribution in [0.15, 0.2) is 0 Å². The molecule has 3 unspecified atom stereocenters. The third-order valence-electron chi connectivity index (χ3n) is 4.34. The average Bonchev–Trinajstić information content (AvgIpc) is 2.85. The number of thioether (sulfide) groups is 1. The fraction of sp³-hybridized carbons (Fsp3) is 1.00. The Morgan fingerprint density at radius 2 is 2.18 bits per heavy atom. The van der Waals surface area contributed by atoms with Crippen molar-refractivity contribution in [2.75, 3.05) is 25.9 Å². The van der Waals surface area contributed by atoms with Crippen LogP contribution in [0.5, 0.6) is 0 Å². The fourth-order valence-corrected chi connectivity index (χ4v) is 4.10. The van der Waals surface area contributed by atoms with Gasteiger partial charge >= 0.3 is 0 Å². The lowest BCUT2D eigenvalue weighted by Crippen LogP contribution is -2.49. The summed E-state index contributed by atoms with van der Waals surface area (Å²) in [5.41, 5.74) is 0. The Kier molecular flexibility index (Phi) is 5.64. The van der Waals surface area contributed by atoms with Crippen molar-refractivity contribution in [1.29, 1.82) is 0 Å². The summed E-state index contributed by atoms with van der Waals surface area (Å²) in [6, 6.07) is 1.65. The van der Waals surface area contributed by atoms with Crippen molar-refractivity contribution < 1.29 is 0 Å². The molecule has 1 heterocycles. The van der Waals surface area contributed by atoms with Gasteiger partial charge in [-0.1, -0.05) is 6.92 Å². The number of rotatable bonds is 5. The molecular weight excluding hydrogens is 228 g/mol. The zero-order chi connectivity index (χ0) is 12.1. The zero-order valence-electron chi connectivity index (χ0n) is 11.5. The maximum atomic E-state index is 3.70. The van der Waals surface area contributed by atoms with E-state index < -0.39 is 0 Å². The van der Waals surface area contributed by atoms with Gasteiger partial charge in [0.25, 0.3) is 0 Å². The van der Waals surface area contributed by atoms with Gasteiger partial charge in [0.15, 0.2) is 0 Å². The Morgan fingerprint density at radius 1 is 1.29 bits per heavy atom. The molecule has 2 aliphatic rings. The average molecular weight is 256 g/mol. The predicted octanol–water partition coefficient (Wildman–Crippen LogP) is 2.73. The Bertz CT molecular complexity index is 222. The smallest absolute Gasteiger partial charge is 0.0195 e. The largest absolute Gasteiger partial charge is 0.313 e. The first kappa shape index (κ1) is 13.7. The summed E-state index contributed by atoms with van der Waals surface area (Å²) in [6.07, 6.45) is 10.6. The minimum atomic E-state index is 0.761. The molecule has 1 N–H and O–H groups in total. The summed E-state index contributed by atoms with van der Waals surface area (Å²) in [7, 11) is 0. The second kappa shape index (κ2) is 7.01. The van der Waals surface area contributed by atoms with Gasteiger partial charge in [0.2, 0.25) is 0 Å². The van der Waals surface area contributed by atoms with Gasteiger partial charge < -0.3 is 5.32 Å². The molecule has 1 saturated carbocycles. The lowest BCUT2D eigenvalue weighted by atomic mass is 10.0. The molecule has 2 fully saturated rings. The van der Waals surface area contributed by atoms with Crippen LogP contribution in [0.2, 0.25) is 0 Å². The van der Waals surface area contributed by atoms with Gasteiger partial charge in [-0.3, -0.25) is 4.90 Å². The normalized spacial score (nSPS) is 35.3. The standard InChI is InChI=1S/C14H28N2S/c1-3-8-15-12-5-4-9-16(11-12)13-6-7-14(10-13)17-2/h12-15H,3-11H2,1-2H3. The van der Waals surface area contributed by atoms with Crippen LogP contribution in [-0.4, -0.2) is 48.1 Å². The van der Waals surface area contributed by atoms with Crippen molar-refractivity contribution in [3.63, 3.8) is 0 Å². The van der Waals surface area contributed by atoms with E-state index in [1.54, 1.807) is 0 Å². The summed E-state index contributed by atoms with van der Waals surface area (Å²) in [4.78, 5) is 2.77. The quantitative estimate of drug-likeness (QED) is 0.814. The molecular formula is C14H28N2S. The van der Waals surface area contributed by atoms with Crippen LogP contribution in [0, 0.1) is 0 Å². The highest BCUT2D eigenvalue weighted by Gasteiger charge is 2.31. The molecule has 0 amide bonds. The first-order valence-electron chi connectivity index (χ1n) is 7.33. The lowest BCUT2D eigenvalue weighted by Gasteiger charge is -2.37. The molecule has 0 aromatic rings. The number of nitrogens with zero attached hydrogens (tertiary/aromatic N) is 1.